The lowest BCUT2D eigenvalue weighted by Gasteiger charge is -2.20. The highest BCUT2D eigenvalue weighted by molar-refractivity contribution is 6.23. The minimum absolute atomic E-state index is 1.22. The van der Waals surface area contributed by atoms with E-state index in [1.165, 1.54) is 109 Å². The number of hydrogen-bond acceptors (Lipinski definition) is 0. The van der Waals surface area contributed by atoms with E-state index in [1.54, 1.807) is 0 Å². The van der Waals surface area contributed by atoms with Crippen molar-refractivity contribution in [2.75, 3.05) is 0 Å². The first kappa shape index (κ1) is 30.6. The van der Waals surface area contributed by atoms with Crippen LogP contribution in [0.1, 0.15) is 0 Å². The first-order valence-corrected chi connectivity index (χ1v) is 18.8. The van der Waals surface area contributed by atoms with Gasteiger partial charge in [0.15, 0.2) is 0 Å². The molecule has 0 aliphatic rings. The summed E-state index contributed by atoms with van der Waals surface area (Å²) in [4.78, 5) is 0. The van der Waals surface area contributed by atoms with E-state index in [0.717, 1.165) is 0 Å². The summed E-state index contributed by atoms with van der Waals surface area (Å²) in [5.74, 6) is 0. The maximum atomic E-state index is 2.44. The van der Waals surface area contributed by atoms with E-state index in [0.29, 0.717) is 0 Å². The van der Waals surface area contributed by atoms with Crippen LogP contribution >= 0.6 is 0 Å². The van der Waals surface area contributed by atoms with Crippen LogP contribution in [0.3, 0.4) is 0 Å². The largest absolute Gasteiger partial charge is 0.0616 e. The van der Waals surface area contributed by atoms with Gasteiger partial charge in [-0.25, -0.2) is 0 Å². The van der Waals surface area contributed by atoms with Gasteiger partial charge < -0.3 is 0 Å². The zero-order chi connectivity index (χ0) is 35.6. The number of rotatable bonds is 4. The highest BCUT2D eigenvalue weighted by Crippen LogP contribution is 2.47. The predicted molar refractivity (Wildman–Crippen MR) is 233 cm³/mol. The normalized spacial score (nSPS) is 11.7. The van der Waals surface area contributed by atoms with Gasteiger partial charge in [0.2, 0.25) is 0 Å². The standard InChI is InChI=1S/C54H34/c1-2-15-37-31-42(28-27-35(37)13-1)54-49-25-10-9-24-48(49)53(50-30-29-40(34-52(50)54)44-26-12-17-36-14-3-5-20-43(36)44)41-19-11-18-38(32-41)51-33-39-16-4-6-21-45(39)46-22-7-8-23-47(46)51/h1-34H. The Bertz CT molecular complexity index is 3270. The summed E-state index contributed by atoms with van der Waals surface area (Å²) in [5, 5.41) is 15.1. The van der Waals surface area contributed by atoms with Gasteiger partial charge in [0.05, 0.1) is 0 Å². The maximum Gasteiger partial charge on any atom is -0.00259 e. The van der Waals surface area contributed by atoms with Gasteiger partial charge in [-0.1, -0.05) is 182 Å². The lowest BCUT2D eigenvalue weighted by atomic mass is 9.83. The molecule has 0 spiro atoms. The second kappa shape index (κ2) is 12.3. The van der Waals surface area contributed by atoms with Gasteiger partial charge >= 0.3 is 0 Å². The van der Waals surface area contributed by atoms with Crippen LogP contribution in [0, 0.1) is 0 Å². The summed E-state index contributed by atoms with van der Waals surface area (Å²) in [7, 11) is 0. The van der Waals surface area contributed by atoms with Crippen molar-refractivity contribution in [1.29, 1.82) is 0 Å². The molecule has 250 valence electrons. The Labute approximate surface area is 314 Å². The summed E-state index contributed by atoms with van der Waals surface area (Å²) >= 11 is 0. The fraction of sp³-hybridized carbons (Fsp3) is 0. The highest BCUT2D eigenvalue weighted by atomic mass is 14.2. The molecule has 54 heavy (non-hydrogen) atoms. The molecule has 0 aliphatic carbocycles. The molecule has 0 bridgehead atoms. The molecule has 0 aromatic heterocycles. The van der Waals surface area contributed by atoms with Gasteiger partial charge in [-0.15, -0.1) is 0 Å². The van der Waals surface area contributed by atoms with E-state index in [-0.39, 0.29) is 0 Å². The topological polar surface area (TPSA) is 0 Å². The lowest BCUT2D eigenvalue weighted by molar-refractivity contribution is 1.63. The van der Waals surface area contributed by atoms with Gasteiger partial charge in [-0.05, 0) is 133 Å². The third-order valence-electron chi connectivity index (χ3n) is 11.4. The van der Waals surface area contributed by atoms with Crippen LogP contribution in [0.25, 0.3) is 109 Å². The fourth-order valence-electron chi connectivity index (χ4n) is 8.93. The minimum Gasteiger partial charge on any atom is -0.0616 e. The second-order valence-corrected chi connectivity index (χ2v) is 14.4. The number of fused-ring (bicyclic) bond motifs is 7. The fourth-order valence-corrected chi connectivity index (χ4v) is 8.93. The molecule has 0 fully saturated rings. The van der Waals surface area contributed by atoms with E-state index in [9.17, 15) is 0 Å². The lowest BCUT2D eigenvalue weighted by Crippen LogP contribution is -1.93. The molecule has 0 heteroatoms. The molecule has 0 nitrogen and oxygen atoms in total. The zero-order valence-electron chi connectivity index (χ0n) is 29.6. The molecular weight excluding hydrogens is 649 g/mol. The summed E-state index contributed by atoms with van der Waals surface area (Å²) in [6, 6.07) is 76.3. The Kier molecular flexibility index (Phi) is 6.97. The van der Waals surface area contributed by atoms with Gasteiger partial charge in [-0.3, -0.25) is 0 Å². The molecule has 0 unspecified atom stereocenters. The quantitative estimate of drug-likeness (QED) is 0.128. The summed E-state index contributed by atoms with van der Waals surface area (Å²) in [6.07, 6.45) is 0. The Morgan fingerprint density at radius 3 is 1.52 bits per heavy atom. The summed E-state index contributed by atoms with van der Waals surface area (Å²) < 4.78 is 0. The summed E-state index contributed by atoms with van der Waals surface area (Å²) in [6.45, 7) is 0. The predicted octanol–water partition coefficient (Wildman–Crippen LogP) is 15.3. The average Bonchev–Trinajstić information content (AvgIpc) is 3.24. The van der Waals surface area contributed by atoms with Crippen molar-refractivity contribution < 1.29 is 0 Å². The van der Waals surface area contributed by atoms with Crippen LogP contribution in [0.15, 0.2) is 206 Å². The maximum absolute atomic E-state index is 2.44. The smallest absolute Gasteiger partial charge is 0.00259 e. The van der Waals surface area contributed by atoms with Crippen LogP contribution < -0.4 is 0 Å². The third-order valence-corrected chi connectivity index (χ3v) is 11.4. The van der Waals surface area contributed by atoms with Gasteiger partial charge in [0.1, 0.15) is 0 Å². The average molecular weight is 683 g/mol. The molecule has 0 aliphatic heterocycles. The van der Waals surface area contributed by atoms with E-state index >= 15 is 0 Å². The van der Waals surface area contributed by atoms with Crippen LogP contribution in [-0.2, 0) is 0 Å². The molecule has 0 radical (unpaired) electrons. The molecule has 0 N–H and O–H groups in total. The van der Waals surface area contributed by atoms with Crippen molar-refractivity contribution in [3.05, 3.63) is 206 Å². The summed E-state index contributed by atoms with van der Waals surface area (Å²) in [5.41, 5.74) is 9.93. The van der Waals surface area contributed by atoms with E-state index in [1.807, 2.05) is 0 Å². The number of benzene rings is 11. The monoisotopic (exact) mass is 682 g/mol. The second-order valence-electron chi connectivity index (χ2n) is 14.4. The molecule has 0 saturated heterocycles. The molecule has 11 aromatic carbocycles. The molecule has 0 heterocycles. The molecular formula is C54H34. The SMILES string of the molecule is c1cc(-c2c3ccccc3c(-c3ccc4ccccc4c3)c3cc(-c4cccc5ccccc45)ccc23)cc(-c2cc3ccccc3c3ccccc23)c1. The van der Waals surface area contributed by atoms with Gasteiger partial charge in [0.25, 0.3) is 0 Å². The Morgan fingerprint density at radius 1 is 0.185 bits per heavy atom. The van der Waals surface area contributed by atoms with Crippen molar-refractivity contribution in [2.45, 2.75) is 0 Å². The van der Waals surface area contributed by atoms with Crippen LogP contribution in [-0.4, -0.2) is 0 Å². The van der Waals surface area contributed by atoms with Crippen LogP contribution in [0.4, 0.5) is 0 Å². The van der Waals surface area contributed by atoms with Crippen LogP contribution in [0.5, 0.6) is 0 Å². The van der Waals surface area contributed by atoms with Crippen molar-refractivity contribution >= 4 is 64.6 Å². The zero-order valence-corrected chi connectivity index (χ0v) is 29.6. The third kappa shape index (κ3) is 4.85. The van der Waals surface area contributed by atoms with Crippen molar-refractivity contribution in [2.24, 2.45) is 0 Å². The van der Waals surface area contributed by atoms with Gasteiger partial charge in [-0.2, -0.15) is 0 Å². The molecule has 0 saturated carbocycles. The Morgan fingerprint density at radius 2 is 0.704 bits per heavy atom. The van der Waals surface area contributed by atoms with Crippen LogP contribution in [0.2, 0.25) is 0 Å². The first-order chi connectivity index (χ1) is 26.8. The highest BCUT2D eigenvalue weighted by Gasteiger charge is 2.19. The molecule has 0 atom stereocenters. The van der Waals surface area contributed by atoms with Crippen molar-refractivity contribution in [3.8, 4) is 44.5 Å². The minimum atomic E-state index is 1.22. The van der Waals surface area contributed by atoms with Gasteiger partial charge in [0, 0.05) is 0 Å². The Hall–Kier alpha value is -7.02. The Balaban J connectivity index is 1.22. The van der Waals surface area contributed by atoms with E-state index in [2.05, 4.69) is 206 Å². The van der Waals surface area contributed by atoms with E-state index < -0.39 is 0 Å². The number of hydrogen-bond donors (Lipinski definition) is 0. The van der Waals surface area contributed by atoms with Crippen molar-refractivity contribution in [1.82, 2.24) is 0 Å². The molecule has 11 aromatic rings. The first-order valence-electron chi connectivity index (χ1n) is 18.8. The molecule has 11 rings (SSSR count). The molecule has 0 amide bonds. The van der Waals surface area contributed by atoms with Crippen molar-refractivity contribution in [3.63, 3.8) is 0 Å². The van der Waals surface area contributed by atoms with E-state index in [4.69, 9.17) is 0 Å².